The van der Waals surface area contributed by atoms with Crippen molar-refractivity contribution in [3.8, 4) is 11.5 Å². The molecule has 0 fully saturated rings. The maximum atomic E-state index is 11.8. The third-order valence-corrected chi connectivity index (χ3v) is 3.59. The van der Waals surface area contributed by atoms with Gasteiger partial charge in [-0.2, -0.15) is 5.10 Å². The van der Waals surface area contributed by atoms with Crippen LogP contribution in [0.15, 0.2) is 30.6 Å². The van der Waals surface area contributed by atoms with Gasteiger partial charge in [-0.05, 0) is 24.7 Å². The van der Waals surface area contributed by atoms with Crippen LogP contribution in [0.25, 0.3) is 0 Å². The van der Waals surface area contributed by atoms with Gasteiger partial charge in [0.2, 0.25) is 0 Å². The Morgan fingerprint density at radius 3 is 2.57 bits per heavy atom. The number of hydrogen-bond acceptors (Lipinski definition) is 5. The molecule has 0 amide bonds. The van der Waals surface area contributed by atoms with Gasteiger partial charge in [0.25, 0.3) is 0 Å². The van der Waals surface area contributed by atoms with Crippen LogP contribution in [-0.4, -0.2) is 47.0 Å². The highest BCUT2D eigenvalue weighted by atomic mass is 16.5. The van der Waals surface area contributed by atoms with Gasteiger partial charge in [-0.25, -0.2) is 0 Å². The zero-order chi connectivity index (χ0) is 17.0. The van der Waals surface area contributed by atoms with E-state index in [9.17, 15) is 9.90 Å². The van der Waals surface area contributed by atoms with Gasteiger partial charge in [0, 0.05) is 25.4 Å². The van der Waals surface area contributed by atoms with Crippen molar-refractivity contribution in [1.29, 1.82) is 0 Å². The van der Waals surface area contributed by atoms with Crippen molar-refractivity contribution in [2.45, 2.75) is 12.6 Å². The summed E-state index contributed by atoms with van der Waals surface area (Å²) in [6, 6.07) is 4.34. The van der Waals surface area contributed by atoms with Gasteiger partial charge in [0.15, 0.2) is 11.5 Å². The number of aliphatic carboxylic acids is 1. The minimum Gasteiger partial charge on any atom is -0.493 e. The van der Waals surface area contributed by atoms with E-state index in [4.69, 9.17) is 9.47 Å². The summed E-state index contributed by atoms with van der Waals surface area (Å²) >= 11 is 0. The van der Waals surface area contributed by atoms with Crippen molar-refractivity contribution < 1.29 is 19.4 Å². The number of nitrogens with zero attached hydrogens (tertiary/aromatic N) is 3. The van der Waals surface area contributed by atoms with E-state index >= 15 is 0 Å². The Balaban J connectivity index is 2.28. The zero-order valence-corrected chi connectivity index (χ0v) is 13.7. The molecule has 1 aromatic carbocycles. The number of carbonyl (C=O) groups is 1. The predicted octanol–water partition coefficient (Wildman–Crippen LogP) is 1.69. The SMILES string of the molecule is COc1ccc([C@H](C(=O)O)N(C)Cc2cnn(C)c2)cc1OC. The van der Waals surface area contributed by atoms with E-state index in [0.717, 1.165) is 5.56 Å². The number of carboxylic acid groups (broad SMARTS) is 1. The van der Waals surface area contributed by atoms with Gasteiger partial charge in [0.05, 0.1) is 20.4 Å². The molecule has 1 heterocycles. The second-order valence-electron chi connectivity index (χ2n) is 5.29. The molecule has 0 aliphatic rings. The first-order chi connectivity index (χ1) is 11.0. The number of carboxylic acids is 1. The Bertz CT molecular complexity index is 684. The van der Waals surface area contributed by atoms with Crippen molar-refractivity contribution in [1.82, 2.24) is 14.7 Å². The fourth-order valence-corrected chi connectivity index (χ4v) is 2.54. The molecule has 1 atom stereocenters. The molecule has 0 aliphatic carbocycles. The molecule has 0 spiro atoms. The smallest absolute Gasteiger partial charge is 0.325 e. The zero-order valence-electron chi connectivity index (χ0n) is 13.7. The molecule has 0 unspecified atom stereocenters. The molecule has 7 heteroatoms. The first-order valence-corrected chi connectivity index (χ1v) is 7.08. The summed E-state index contributed by atoms with van der Waals surface area (Å²) in [5, 5.41) is 13.7. The largest absolute Gasteiger partial charge is 0.493 e. The summed E-state index contributed by atoms with van der Waals surface area (Å²) in [5.41, 5.74) is 1.57. The van der Waals surface area contributed by atoms with E-state index in [-0.39, 0.29) is 0 Å². The Labute approximate surface area is 135 Å². The third-order valence-electron chi connectivity index (χ3n) is 3.59. The second-order valence-corrected chi connectivity index (χ2v) is 5.29. The Hall–Kier alpha value is -2.54. The van der Waals surface area contributed by atoms with Crippen LogP contribution in [0.4, 0.5) is 0 Å². The van der Waals surface area contributed by atoms with Crippen LogP contribution in [0.1, 0.15) is 17.2 Å². The molecule has 0 radical (unpaired) electrons. The molecule has 1 N–H and O–H groups in total. The predicted molar refractivity (Wildman–Crippen MR) is 84.6 cm³/mol. The molecule has 23 heavy (non-hydrogen) atoms. The first kappa shape index (κ1) is 16.8. The maximum Gasteiger partial charge on any atom is 0.325 e. The fraction of sp³-hybridized carbons (Fsp3) is 0.375. The lowest BCUT2D eigenvalue weighted by atomic mass is 10.0. The van der Waals surface area contributed by atoms with Crippen LogP contribution < -0.4 is 9.47 Å². The number of aryl methyl sites for hydroxylation is 1. The number of ether oxygens (including phenoxy) is 2. The van der Waals surface area contributed by atoms with E-state index in [1.807, 2.05) is 13.2 Å². The highest BCUT2D eigenvalue weighted by molar-refractivity contribution is 5.76. The number of aromatic nitrogens is 2. The lowest BCUT2D eigenvalue weighted by molar-refractivity contribution is -0.143. The van der Waals surface area contributed by atoms with Gasteiger partial charge in [-0.1, -0.05) is 6.07 Å². The minimum atomic E-state index is -0.927. The fourth-order valence-electron chi connectivity index (χ4n) is 2.54. The number of methoxy groups -OCH3 is 2. The van der Waals surface area contributed by atoms with Crippen LogP contribution in [0.5, 0.6) is 11.5 Å². The monoisotopic (exact) mass is 319 g/mol. The summed E-state index contributed by atoms with van der Waals surface area (Å²) < 4.78 is 12.1. The topological polar surface area (TPSA) is 76.8 Å². The molecule has 7 nitrogen and oxygen atoms in total. The van der Waals surface area contributed by atoms with Gasteiger partial charge < -0.3 is 14.6 Å². The Morgan fingerprint density at radius 2 is 2.04 bits per heavy atom. The number of likely N-dealkylation sites (N-methyl/N-ethyl adjacent to an activating group) is 1. The van der Waals surface area contributed by atoms with Crippen LogP contribution in [-0.2, 0) is 18.4 Å². The number of hydrogen-bond donors (Lipinski definition) is 1. The highest BCUT2D eigenvalue weighted by Gasteiger charge is 2.26. The molecule has 0 aliphatic heterocycles. The molecule has 124 valence electrons. The van der Waals surface area contributed by atoms with Crippen molar-refractivity contribution in [2.75, 3.05) is 21.3 Å². The van der Waals surface area contributed by atoms with Crippen molar-refractivity contribution >= 4 is 5.97 Å². The summed E-state index contributed by atoms with van der Waals surface area (Å²) in [7, 11) is 6.66. The van der Waals surface area contributed by atoms with E-state index < -0.39 is 12.0 Å². The quantitative estimate of drug-likeness (QED) is 0.837. The molecule has 2 aromatic rings. The second kappa shape index (κ2) is 7.15. The molecule has 0 bridgehead atoms. The third kappa shape index (κ3) is 3.81. The average molecular weight is 319 g/mol. The summed E-state index contributed by atoms with van der Waals surface area (Å²) in [6.45, 7) is 0.471. The molecule has 0 saturated carbocycles. The first-order valence-electron chi connectivity index (χ1n) is 7.08. The lowest BCUT2D eigenvalue weighted by Crippen LogP contribution is -2.30. The normalized spacial score (nSPS) is 12.2. The van der Waals surface area contributed by atoms with Crippen LogP contribution in [0, 0.1) is 0 Å². The summed E-state index contributed by atoms with van der Waals surface area (Å²) in [5.74, 6) is 0.143. The van der Waals surface area contributed by atoms with Crippen LogP contribution in [0.2, 0.25) is 0 Å². The van der Waals surface area contributed by atoms with Gasteiger partial charge in [-0.3, -0.25) is 14.4 Å². The van der Waals surface area contributed by atoms with Gasteiger partial charge >= 0.3 is 5.97 Å². The van der Waals surface area contributed by atoms with Gasteiger partial charge in [-0.15, -0.1) is 0 Å². The highest BCUT2D eigenvalue weighted by Crippen LogP contribution is 2.32. The molecule has 1 aromatic heterocycles. The standard InChI is InChI=1S/C16H21N3O4/c1-18(9-11-8-17-19(2)10-11)15(16(20)21)12-5-6-13(22-3)14(7-12)23-4/h5-8,10,15H,9H2,1-4H3,(H,20,21)/t15-/m1/s1. The van der Waals surface area contributed by atoms with E-state index in [1.165, 1.54) is 7.11 Å². The van der Waals surface area contributed by atoms with Crippen molar-refractivity contribution in [3.05, 3.63) is 41.7 Å². The molecular formula is C16H21N3O4. The summed E-state index contributed by atoms with van der Waals surface area (Å²) in [4.78, 5) is 13.5. The van der Waals surface area contributed by atoms with Gasteiger partial charge in [0.1, 0.15) is 6.04 Å². The van der Waals surface area contributed by atoms with E-state index in [0.29, 0.717) is 23.6 Å². The van der Waals surface area contributed by atoms with Crippen molar-refractivity contribution in [3.63, 3.8) is 0 Å². The summed E-state index contributed by atoms with van der Waals surface area (Å²) in [6.07, 6.45) is 3.59. The lowest BCUT2D eigenvalue weighted by Gasteiger charge is -2.25. The Kier molecular flexibility index (Phi) is 5.23. The van der Waals surface area contributed by atoms with E-state index in [1.54, 1.807) is 48.1 Å². The maximum absolute atomic E-state index is 11.8. The number of benzene rings is 1. The molecule has 2 rings (SSSR count). The van der Waals surface area contributed by atoms with Crippen LogP contribution in [0.3, 0.4) is 0 Å². The van der Waals surface area contributed by atoms with Crippen molar-refractivity contribution in [2.24, 2.45) is 7.05 Å². The molecular weight excluding hydrogens is 298 g/mol. The van der Waals surface area contributed by atoms with E-state index in [2.05, 4.69) is 5.10 Å². The average Bonchev–Trinajstić information content (AvgIpc) is 2.91. The Morgan fingerprint density at radius 1 is 1.35 bits per heavy atom. The molecule has 0 saturated heterocycles. The minimum absolute atomic E-state index is 0.471. The van der Waals surface area contributed by atoms with Crippen LogP contribution >= 0.6 is 0 Å². The number of rotatable bonds is 7.